The number of alkyl halides is 2. The van der Waals surface area contributed by atoms with Gasteiger partial charge in [-0.2, -0.15) is 0 Å². The molecule has 0 saturated heterocycles. The highest BCUT2D eigenvalue weighted by Gasteiger charge is 2.25. The lowest BCUT2D eigenvalue weighted by atomic mass is 10.1. The average molecular weight is 312 g/mol. The van der Waals surface area contributed by atoms with Gasteiger partial charge in [0.1, 0.15) is 6.04 Å². The molecule has 0 unspecified atom stereocenters. The largest absolute Gasteiger partial charge is 0.480 e. The number of carbonyl (C=O) groups is 3. The predicted octanol–water partition coefficient (Wildman–Crippen LogP) is -0.338. The zero-order valence-corrected chi connectivity index (χ0v) is 11.4. The molecule has 10 heteroatoms. The number of aliphatic hydroxyl groups excluding tert-OH is 1. The lowest BCUT2D eigenvalue weighted by Crippen LogP contribution is -2.50. The molecule has 0 radical (unpaired) electrons. The van der Waals surface area contributed by atoms with Gasteiger partial charge >= 0.3 is 18.0 Å². The summed E-state index contributed by atoms with van der Waals surface area (Å²) >= 11 is 0. The number of esters is 1. The Morgan fingerprint density at radius 2 is 1.95 bits per heavy atom. The first-order valence-electron chi connectivity index (χ1n) is 6.05. The third-order valence-electron chi connectivity index (χ3n) is 2.48. The van der Waals surface area contributed by atoms with Crippen molar-refractivity contribution in [2.45, 2.75) is 25.3 Å². The quantitative estimate of drug-likeness (QED) is 0.502. The number of hydrogen-bond donors (Lipinski definition) is 3. The van der Waals surface area contributed by atoms with Crippen LogP contribution in [-0.2, 0) is 14.3 Å². The van der Waals surface area contributed by atoms with E-state index < -0.39 is 43.6 Å². The minimum absolute atomic E-state index is 0.241. The SMILES string of the molecule is COC(=O)CC[C@@H](NC(=O)N(CCO)CC(F)F)C(=O)O. The average Bonchev–Trinajstić information content (AvgIpc) is 2.41. The Bertz CT molecular complexity index is 367. The number of methoxy groups -OCH3 is 1. The fourth-order valence-electron chi connectivity index (χ4n) is 1.43. The van der Waals surface area contributed by atoms with Crippen molar-refractivity contribution in [1.29, 1.82) is 0 Å². The third kappa shape index (κ3) is 8.02. The number of carboxylic acid groups (broad SMARTS) is 1. The summed E-state index contributed by atoms with van der Waals surface area (Å²) in [5.74, 6) is -2.07. The van der Waals surface area contributed by atoms with Crippen LogP contribution in [0.3, 0.4) is 0 Å². The summed E-state index contributed by atoms with van der Waals surface area (Å²) in [4.78, 5) is 34.2. The number of aliphatic hydroxyl groups is 1. The van der Waals surface area contributed by atoms with Crippen LogP contribution in [0.25, 0.3) is 0 Å². The molecular formula is C11H18F2N2O6. The Kier molecular flexibility index (Phi) is 8.93. The molecule has 21 heavy (non-hydrogen) atoms. The van der Waals surface area contributed by atoms with Gasteiger partial charge in [0.15, 0.2) is 0 Å². The lowest BCUT2D eigenvalue weighted by molar-refractivity contribution is -0.142. The Morgan fingerprint density at radius 3 is 2.38 bits per heavy atom. The summed E-state index contributed by atoms with van der Waals surface area (Å²) in [6, 6.07) is -2.47. The van der Waals surface area contributed by atoms with E-state index in [2.05, 4.69) is 4.74 Å². The number of nitrogens with zero attached hydrogens (tertiary/aromatic N) is 1. The highest BCUT2D eigenvalue weighted by atomic mass is 19.3. The first-order valence-corrected chi connectivity index (χ1v) is 6.05. The molecule has 0 bridgehead atoms. The number of nitrogens with one attached hydrogen (secondary N) is 1. The molecule has 0 aliphatic rings. The van der Waals surface area contributed by atoms with E-state index in [-0.39, 0.29) is 19.4 Å². The molecule has 0 spiro atoms. The number of ether oxygens (including phenoxy) is 1. The van der Waals surface area contributed by atoms with E-state index in [0.717, 1.165) is 7.11 Å². The molecule has 8 nitrogen and oxygen atoms in total. The minimum Gasteiger partial charge on any atom is -0.480 e. The summed E-state index contributed by atoms with van der Waals surface area (Å²) < 4.78 is 28.9. The fraction of sp³-hybridized carbons (Fsp3) is 0.727. The van der Waals surface area contributed by atoms with Gasteiger partial charge in [0, 0.05) is 13.0 Å². The van der Waals surface area contributed by atoms with Crippen molar-refractivity contribution in [3.8, 4) is 0 Å². The molecule has 0 rings (SSSR count). The van der Waals surface area contributed by atoms with E-state index in [4.69, 9.17) is 10.2 Å². The smallest absolute Gasteiger partial charge is 0.326 e. The Labute approximate surface area is 119 Å². The van der Waals surface area contributed by atoms with Crippen molar-refractivity contribution >= 4 is 18.0 Å². The van der Waals surface area contributed by atoms with Gasteiger partial charge in [0.25, 0.3) is 6.43 Å². The molecule has 1 atom stereocenters. The van der Waals surface area contributed by atoms with Crippen LogP contribution in [-0.4, -0.2) is 72.4 Å². The second kappa shape index (κ2) is 9.86. The molecule has 2 amide bonds. The molecule has 0 aromatic heterocycles. The fourth-order valence-corrected chi connectivity index (χ4v) is 1.43. The third-order valence-corrected chi connectivity index (χ3v) is 2.48. The molecule has 3 N–H and O–H groups in total. The Hall–Kier alpha value is -1.97. The molecule has 0 aliphatic heterocycles. The zero-order valence-electron chi connectivity index (χ0n) is 11.4. The summed E-state index contributed by atoms with van der Waals surface area (Å²) in [6.07, 6.45) is -3.31. The standard InChI is InChI=1S/C11H18F2N2O6/c1-21-9(17)3-2-7(10(18)19)14-11(20)15(4-5-16)6-8(12)13/h7-8,16H,2-6H2,1H3,(H,14,20)(H,18,19)/t7-/m1/s1. The highest BCUT2D eigenvalue weighted by molar-refractivity contribution is 5.83. The number of amides is 2. The lowest BCUT2D eigenvalue weighted by Gasteiger charge is -2.24. The van der Waals surface area contributed by atoms with Crippen molar-refractivity contribution in [3.63, 3.8) is 0 Å². The van der Waals surface area contributed by atoms with E-state index in [0.29, 0.717) is 4.90 Å². The van der Waals surface area contributed by atoms with E-state index in [1.54, 1.807) is 0 Å². The van der Waals surface area contributed by atoms with Crippen LogP contribution in [0.1, 0.15) is 12.8 Å². The molecule has 0 heterocycles. The van der Waals surface area contributed by atoms with Gasteiger partial charge in [-0.25, -0.2) is 18.4 Å². The number of urea groups is 1. The summed E-state index contributed by atoms with van der Waals surface area (Å²) in [5, 5.41) is 19.6. The van der Waals surface area contributed by atoms with Gasteiger partial charge in [-0.1, -0.05) is 0 Å². The van der Waals surface area contributed by atoms with Gasteiger partial charge in [-0.3, -0.25) is 4.79 Å². The maximum absolute atomic E-state index is 12.3. The Balaban J connectivity index is 4.62. The van der Waals surface area contributed by atoms with Gasteiger partial charge in [-0.15, -0.1) is 0 Å². The van der Waals surface area contributed by atoms with Gasteiger partial charge in [0.05, 0.1) is 20.3 Å². The van der Waals surface area contributed by atoms with Crippen LogP contribution in [0.5, 0.6) is 0 Å². The van der Waals surface area contributed by atoms with Gasteiger partial charge < -0.3 is 25.2 Å². The Morgan fingerprint density at radius 1 is 1.33 bits per heavy atom. The van der Waals surface area contributed by atoms with E-state index >= 15 is 0 Å². The van der Waals surface area contributed by atoms with Crippen LogP contribution >= 0.6 is 0 Å². The second-order valence-corrected chi connectivity index (χ2v) is 4.02. The number of aliphatic carboxylic acids is 1. The van der Waals surface area contributed by atoms with Crippen LogP contribution in [0, 0.1) is 0 Å². The van der Waals surface area contributed by atoms with Crippen molar-refractivity contribution in [3.05, 3.63) is 0 Å². The predicted molar refractivity (Wildman–Crippen MR) is 65.9 cm³/mol. The van der Waals surface area contributed by atoms with E-state index in [1.807, 2.05) is 5.32 Å². The monoisotopic (exact) mass is 312 g/mol. The van der Waals surface area contributed by atoms with Crippen molar-refractivity contribution in [1.82, 2.24) is 10.2 Å². The topological polar surface area (TPSA) is 116 Å². The minimum atomic E-state index is -2.82. The number of halogens is 2. The van der Waals surface area contributed by atoms with Crippen molar-refractivity contribution in [2.75, 3.05) is 26.8 Å². The molecule has 0 aliphatic carbocycles. The van der Waals surface area contributed by atoms with Crippen molar-refractivity contribution < 1.29 is 38.1 Å². The maximum Gasteiger partial charge on any atom is 0.326 e. The molecule has 0 saturated carbocycles. The second-order valence-electron chi connectivity index (χ2n) is 4.02. The maximum atomic E-state index is 12.3. The summed E-state index contributed by atoms with van der Waals surface area (Å²) in [7, 11) is 1.13. The number of carboxylic acids is 1. The number of rotatable bonds is 9. The summed E-state index contributed by atoms with van der Waals surface area (Å²) in [6.45, 7) is -1.84. The molecule has 0 aromatic rings. The van der Waals surface area contributed by atoms with E-state index in [9.17, 15) is 23.2 Å². The summed E-state index contributed by atoms with van der Waals surface area (Å²) in [5.41, 5.74) is 0. The van der Waals surface area contributed by atoms with Gasteiger partial charge in [0.2, 0.25) is 0 Å². The van der Waals surface area contributed by atoms with Crippen LogP contribution in [0.15, 0.2) is 0 Å². The molecule has 0 fully saturated rings. The van der Waals surface area contributed by atoms with E-state index in [1.165, 1.54) is 0 Å². The highest BCUT2D eigenvalue weighted by Crippen LogP contribution is 2.03. The normalized spacial score (nSPS) is 11.9. The molecule has 122 valence electrons. The van der Waals surface area contributed by atoms with Crippen molar-refractivity contribution in [2.24, 2.45) is 0 Å². The van der Waals surface area contributed by atoms with Crippen LogP contribution in [0.2, 0.25) is 0 Å². The zero-order chi connectivity index (χ0) is 16.4. The van der Waals surface area contributed by atoms with Crippen LogP contribution < -0.4 is 5.32 Å². The molecule has 0 aromatic carbocycles. The first kappa shape index (κ1) is 19.0. The number of hydrogen-bond acceptors (Lipinski definition) is 5. The number of carbonyl (C=O) groups excluding carboxylic acids is 2. The van der Waals surface area contributed by atoms with Gasteiger partial charge in [-0.05, 0) is 6.42 Å². The van der Waals surface area contributed by atoms with Crippen LogP contribution in [0.4, 0.5) is 13.6 Å². The molecular weight excluding hydrogens is 294 g/mol. The first-order chi connectivity index (χ1) is 9.81.